The van der Waals surface area contributed by atoms with Gasteiger partial charge in [-0.25, -0.2) is 4.39 Å². The van der Waals surface area contributed by atoms with Crippen molar-refractivity contribution in [2.45, 2.75) is 36.6 Å². The third-order valence-corrected chi connectivity index (χ3v) is 4.32. The minimum Gasteiger partial charge on any atom is -0.349 e. The van der Waals surface area contributed by atoms with Gasteiger partial charge in [0.2, 0.25) is 0 Å². The smallest absolute Gasteiger partial charge is 0.272 e. The van der Waals surface area contributed by atoms with Gasteiger partial charge in [-0.3, -0.25) is 14.9 Å². The van der Waals surface area contributed by atoms with E-state index in [0.717, 1.165) is 43.9 Å². The molecule has 0 radical (unpaired) electrons. The third-order valence-electron chi connectivity index (χ3n) is 3.40. The van der Waals surface area contributed by atoms with Crippen LogP contribution in [0.15, 0.2) is 18.2 Å². The number of carbonyl (C=O) groups excluding carboxylic acids is 1. The SMILES string of the molecule is O=C(NC1CCC(Br)CC1)c1ccc([N+](=O)[O-])cc1F. The number of nitrogens with zero attached hydrogens (tertiary/aromatic N) is 1. The Morgan fingerprint density at radius 3 is 2.55 bits per heavy atom. The quantitative estimate of drug-likeness (QED) is 0.520. The number of nitro groups is 1. The molecule has 1 N–H and O–H groups in total. The van der Waals surface area contributed by atoms with Gasteiger partial charge >= 0.3 is 0 Å². The molecule has 1 saturated carbocycles. The molecule has 0 unspecified atom stereocenters. The van der Waals surface area contributed by atoms with Crippen molar-refractivity contribution in [1.29, 1.82) is 0 Å². The van der Waals surface area contributed by atoms with Crippen molar-refractivity contribution >= 4 is 27.5 Å². The van der Waals surface area contributed by atoms with Crippen molar-refractivity contribution in [1.82, 2.24) is 5.32 Å². The zero-order valence-corrected chi connectivity index (χ0v) is 12.2. The molecule has 1 aromatic rings. The maximum atomic E-state index is 13.7. The number of carbonyl (C=O) groups is 1. The van der Waals surface area contributed by atoms with Crippen LogP contribution in [0.4, 0.5) is 10.1 Å². The summed E-state index contributed by atoms with van der Waals surface area (Å²) in [6.45, 7) is 0. The van der Waals surface area contributed by atoms with Crippen LogP contribution in [-0.2, 0) is 0 Å². The van der Waals surface area contributed by atoms with E-state index < -0.39 is 16.6 Å². The predicted molar refractivity (Wildman–Crippen MR) is 75.5 cm³/mol. The second-order valence-corrected chi connectivity index (χ2v) is 6.14. The van der Waals surface area contributed by atoms with Crippen molar-refractivity contribution in [3.8, 4) is 0 Å². The number of hydrogen-bond donors (Lipinski definition) is 1. The number of halogens is 2. The summed E-state index contributed by atoms with van der Waals surface area (Å²) in [5.41, 5.74) is -0.518. The van der Waals surface area contributed by atoms with Crippen LogP contribution in [0.5, 0.6) is 0 Å². The molecular formula is C13H14BrFN2O3. The van der Waals surface area contributed by atoms with E-state index in [-0.39, 0.29) is 17.3 Å². The molecule has 5 nitrogen and oxygen atoms in total. The van der Waals surface area contributed by atoms with E-state index >= 15 is 0 Å². The van der Waals surface area contributed by atoms with Crippen LogP contribution in [0.25, 0.3) is 0 Å². The number of non-ortho nitro benzene ring substituents is 1. The summed E-state index contributed by atoms with van der Waals surface area (Å²) in [4.78, 5) is 22.3. The molecule has 7 heteroatoms. The molecule has 0 spiro atoms. The maximum Gasteiger partial charge on any atom is 0.272 e. The van der Waals surface area contributed by atoms with Crippen molar-refractivity contribution in [3.63, 3.8) is 0 Å². The molecule has 1 fully saturated rings. The number of nitrogens with one attached hydrogen (secondary N) is 1. The van der Waals surface area contributed by atoms with Gasteiger partial charge < -0.3 is 5.32 Å². The second kappa shape index (κ2) is 6.30. The highest BCUT2D eigenvalue weighted by molar-refractivity contribution is 9.09. The van der Waals surface area contributed by atoms with Gasteiger partial charge in [-0.1, -0.05) is 15.9 Å². The van der Waals surface area contributed by atoms with Gasteiger partial charge in [0.25, 0.3) is 11.6 Å². The molecule has 0 bridgehead atoms. The Bertz CT molecular complexity index is 530. The van der Waals surface area contributed by atoms with Crippen molar-refractivity contribution in [2.24, 2.45) is 0 Å². The van der Waals surface area contributed by atoms with Crippen molar-refractivity contribution in [2.75, 3.05) is 0 Å². The van der Waals surface area contributed by atoms with Gasteiger partial charge in [0.1, 0.15) is 5.82 Å². The van der Waals surface area contributed by atoms with E-state index in [2.05, 4.69) is 21.2 Å². The Labute approximate surface area is 123 Å². The number of benzene rings is 1. The van der Waals surface area contributed by atoms with E-state index in [0.29, 0.717) is 4.83 Å². The number of rotatable bonds is 3. The van der Waals surface area contributed by atoms with Gasteiger partial charge in [0.05, 0.1) is 16.6 Å². The fraction of sp³-hybridized carbons (Fsp3) is 0.462. The van der Waals surface area contributed by atoms with Crippen LogP contribution in [0.2, 0.25) is 0 Å². The van der Waals surface area contributed by atoms with Crippen LogP contribution in [0.3, 0.4) is 0 Å². The molecule has 1 aliphatic carbocycles. The lowest BCUT2D eigenvalue weighted by Gasteiger charge is -2.26. The fourth-order valence-corrected chi connectivity index (χ4v) is 2.79. The first-order valence-electron chi connectivity index (χ1n) is 6.36. The number of nitro benzene ring substituents is 1. The molecule has 0 saturated heterocycles. The number of amides is 1. The van der Waals surface area contributed by atoms with E-state index in [9.17, 15) is 19.3 Å². The van der Waals surface area contributed by atoms with Gasteiger partial charge in [0, 0.05) is 16.9 Å². The van der Waals surface area contributed by atoms with Gasteiger partial charge in [-0.2, -0.15) is 0 Å². The normalized spacial score (nSPS) is 22.3. The van der Waals surface area contributed by atoms with E-state index in [4.69, 9.17) is 0 Å². The lowest BCUT2D eigenvalue weighted by Crippen LogP contribution is -2.38. The molecule has 1 amide bonds. The Balaban J connectivity index is 2.04. The predicted octanol–water partition coefficient (Wildman–Crippen LogP) is 3.17. The molecule has 0 aromatic heterocycles. The van der Waals surface area contributed by atoms with E-state index in [1.807, 2.05) is 0 Å². The molecule has 1 aromatic carbocycles. The van der Waals surface area contributed by atoms with Crippen LogP contribution in [0.1, 0.15) is 36.0 Å². The van der Waals surface area contributed by atoms with E-state index in [1.165, 1.54) is 0 Å². The Kier molecular flexibility index (Phi) is 4.69. The summed E-state index contributed by atoms with van der Waals surface area (Å²) < 4.78 is 13.7. The summed E-state index contributed by atoms with van der Waals surface area (Å²) >= 11 is 3.52. The minimum atomic E-state index is -0.870. The fourth-order valence-electron chi connectivity index (χ4n) is 2.26. The standard InChI is InChI=1S/C13H14BrFN2O3/c14-8-1-3-9(4-2-8)16-13(18)11-6-5-10(17(19)20)7-12(11)15/h5-9H,1-4H2,(H,16,18). The summed E-state index contributed by atoms with van der Waals surface area (Å²) in [6, 6.07) is 3.09. The highest BCUT2D eigenvalue weighted by atomic mass is 79.9. The van der Waals surface area contributed by atoms with E-state index in [1.54, 1.807) is 0 Å². The summed E-state index contributed by atoms with van der Waals surface area (Å²) in [7, 11) is 0. The highest BCUT2D eigenvalue weighted by Crippen LogP contribution is 2.24. The largest absolute Gasteiger partial charge is 0.349 e. The molecule has 1 aliphatic rings. The third kappa shape index (κ3) is 3.53. The lowest BCUT2D eigenvalue weighted by molar-refractivity contribution is -0.385. The monoisotopic (exact) mass is 344 g/mol. The first kappa shape index (κ1) is 14.9. The topological polar surface area (TPSA) is 72.2 Å². The van der Waals surface area contributed by atoms with Crippen LogP contribution in [0, 0.1) is 15.9 Å². The average molecular weight is 345 g/mol. The molecule has 0 heterocycles. The van der Waals surface area contributed by atoms with Gasteiger partial charge in [-0.05, 0) is 31.7 Å². The van der Waals surface area contributed by atoms with Crippen molar-refractivity contribution in [3.05, 3.63) is 39.7 Å². The van der Waals surface area contributed by atoms with Gasteiger partial charge in [0.15, 0.2) is 0 Å². The molecular weight excluding hydrogens is 331 g/mol. The van der Waals surface area contributed by atoms with Crippen LogP contribution < -0.4 is 5.32 Å². The molecule has 20 heavy (non-hydrogen) atoms. The summed E-state index contributed by atoms with van der Waals surface area (Å²) in [5, 5.41) is 13.3. The minimum absolute atomic E-state index is 0.0332. The molecule has 108 valence electrons. The maximum absolute atomic E-state index is 13.7. The molecule has 0 atom stereocenters. The Morgan fingerprint density at radius 1 is 1.35 bits per heavy atom. The highest BCUT2D eigenvalue weighted by Gasteiger charge is 2.23. The van der Waals surface area contributed by atoms with Crippen LogP contribution >= 0.6 is 15.9 Å². The van der Waals surface area contributed by atoms with Crippen molar-refractivity contribution < 1.29 is 14.1 Å². The average Bonchev–Trinajstić information content (AvgIpc) is 2.41. The number of alkyl halides is 1. The Morgan fingerprint density at radius 2 is 2.00 bits per heavy atom. The molecule has 2 rings (SSSR count). The molecule has 0 aliphatic heterocycles. The summed E-state index contributed by atoms with van der Waals surface area (Å²) in [5.74, 6) is -1.39. The second-order valence-electron chi connectivity index (χ2n) is 4.84. The first-order valence-corrected chi connectivity index (χ1v) is 7.28. The summed E-state index contributed by atoms with van der Waals surface area (Å²) in [6.07, 6.45) is 3.62. The first-order chi connectivity index (χ1) is 9.47. The van der Waals surface area contributed by atoms with Gasteiger partial charge in [-0.15, -0.1) is 0 Å². The zero-order chi connectivity index (χ0) is 14.7. The van der Waals surface area contributed by atoms with Crippen LogP contribution in [-0.4, -0.2) is 21.7 Å². The Hall–Kier alpha value is -1.50. The number of hydrogen-bond acceptors (Lipinski definition) is 3. The zero-order valence-electron chi connectivity index (χ0n) is 10.6. The lowest BCUT2D eigenvalue weighted by atomic mass is 9.95.